The molecular weight excluding hydrogens is 308 g/mol. The van der Waals surface area contributed by atoms with Crippen molar-refractivity contribution in [1.29, 1.82) is 0 Å². The predicted molar refractivity (Wildman–Crippen MR) is 91.1 cm³/mol. The van der Waals surface area contributed by atoms with Gasteiger partial charge in [-0.3, -0.25) is 14.0 Å². The van der Waals surface area contributed by atoms with Crippen molar-refractivity contribution in [2.45, 2.75) is 52.6 Å². The molecule has 0 fully saturated rings. The number of carbonyl (C=O) groups is 1. The van der Waals surface area contributed by atoms with Crippen LogP contribution in [0.4, 0.5) is 0 Å². The van der Waals surface area contributed by atoms with Crippen LogP contribution >= 0.6 is 0 Å². The maximum Gasteiger partial charge on any atom is 0.291 e. The maximum atomic E-state index is 12.6. The zero-order valence-electron chi connectivity index (χ0n) is 14.2. The molecule has 3 rings (SSSR count). The number of aryl methyl sites for hydroxylation is 2. The highest BCUT2D eigenvalue weighted by molar-refractivity contribution is 5.82. The first kappa shape index (κ1) is 16.3. The summed E-state index contributed by atoms with van der Waals surface area (Å²) >= 11 is 0. The summed E-state index contributed by atoms with van der Waals surface area (Å²) in [6.07, 6.45) is 3.45. The fraction of sp³-hybridized carbons (Fsp3) is 0.471. The van der Waals surface area contributed by atoms with Gasteiger partial charge >= 0.3 is 0 Å². The minimum atomic E-state index is -0.172. The normalized spacial score (nSPS) is 12.8. The lowest BCUT2D eigenvalue weighted by Gasteiger charge is -2.11. The molecule has 3 aromatic heterocycles. The Morgan fingerprint density at radius 3 is 2.96 bits per heavy atom. The zero-order chi connectivity index (χ0) is 17.3. The Bertz CT molecular complexity index is 935. The second kappa shape index (κ2) is 6.51. The van der Waals surface area contributed by atoms with E-state index in [1.54, 1.807) is 16.7 Å². The summed E-state index contributed by atoms with van der Waals surface area (Å²) in [5.74, 6) is 0.723. The molecule has 0 aliphatic rings. The molecule has 24 heavy (non-hydrogen) atoms. The average molecular weight is 330 g/mol. The molecule has 7 heteroatoms. The molecule has 128 valence electrons. The molecule has 0 saturated carbocycles. The van der Waals surface area contributed by atoms with Gasteiger partial charge < -0.3 is 9.73 Å². The number of aromatic nitrogens is 3. The van der Waals surface area contributed by atoms with Crippen molar-refractivity contribution < 1.29 is 9.21 Å². The molecule has 0 aromatic carbocycles. The Balaban J connectivity index is 1.77. The molecule has 3 aromatic rings. The third-order valence-electron chi connectivity index (χ3n) is 4.26. The van der Waals surface area contributed by atoms with Gasteiger partial charge in [-0.1, -0.05) is 6.92 Å². The molecule has 7 nitrogen and oxygen atoms in total. The fourth-order valence-electron chi connectivity index (χ4n) is 2.82. The number of hydrogen-bond donors (Lipinski definition) is 1. The maximum absolute atomic E-state index is 12.6. The van der Waals surface area contributed by atoms with Crippen LogP contribution in [0.2, 0.25) is 0 Å². The first-order valence-electron chi connectivity index (χ1n) is 8.27. The Morgan fingerprint density at radius 2 is 2.21 bits per heavy atom. The lowest BCUT2D eigenvalue weighted by atomic mass is 10.2. The van der Waals surface area contributed by atoms with Crippen LogP contribution in [0.1, 0.15) is 38.9 Å². The van der Waals surface area contributed by atoms with E-state index in [4.69, 9.17) is 4.42 Å². The van der Waals surface area contributed by atoms with Crippen LogP contribution in [0, 0.1) is 6.92 Å². The summed E-state index contributed by atoms with van der Waals surface area (Å²) in [6.45, 7) is 6.27. The van der Waals surface area contributed by atoms with Crippen LogP contribution in [0.15, 0.2) is 27.6 Å². The molecule has 0 spiro atoms. The molecule has 0 aliphatic heterocycles. The summed E-state index contributed by atoms with van der Waals surface area (Å²) in [4.78, 5) is 24.4. The summed E-state index contributed by atoms with van der Waals surface area (Å²) in [5, 5.41) is 7.29. The second-order valence-corrected chi connectivity index (χ2v) is 6.09. The number of carbonyl (C=O) groups excluding carboxylic acids is 1. The summed E-state index contributed by atoms with van der Waals surface area (Å²) < 4.78 is 8.59. The topological polar surface area (TPSA) is 81.5 Å². The monoisotopic (exact) mass is 330 g/mol. The van der Waals surface area contributed by atoms with Gasteiger partial charge in [0.1, 0.15) is 11.3 Å². The smallest absolute Gasteiger partial charge is 0.291 e. The Hall–Kier alpha value is -2.57. The van der Waals surface area contributed by atoms with Gasteiger partial charge in [0.2, 0.25) is 5.91 Å². The van der Waals surface area contributed by atoms with E-state index in [-0.39, 0.29) is 17.5 Å². The van der Waals surface area contributed by atoms with Crippen molar-refractivity contribution in [3.05, 3.63) is 34.6 Å². The Morgan fingerprint density at radius 1 is 1.42 bits per heavy atom. The molecule has 1 N–H and O–H groups in total. The van der Waals surface area contributed by atoms with Crippen molar-refractivity contribution in [2.75, 3.05) is 0 Å². The van der Waals surface area contributed by atoms with Gasteiger partial charge in [0.15, 0.2) is 5.58 Å². The van der Waals surface area contributed by atoms with Gasteiger partial charge in [-0.25, -0.2) is 4.68 Å². The van der Waals surface area contributed by atoms with Crippen LogP contribution in [-0.4, -0.2) is 26.1 Å². The first-order chi connectivity index (χ1) is 11.5. The summed E-state index contributed by atoms with van der Waals surface area (Å²) in [7, 11) is 0. The standard InChI is InChI=1S/C17H22N4O3/c1-4-11(2)18-16(22)6-5-8-20-17(23)14-10-15-13(7-9-24-15)21(14)12(3)19-20/h7,9-11H,4-6,8H2,1-3H3,(H,18,22). The molecule has 0 bridgehead atoms. The number of rotatable bonds is 6. The van der Waals surface area contributed by atoms with E-state index in [0.717, 1.165) is 11.9 Å². The molecule has 0 aliphatic carbocycles. The van der Waals surface area contributed by atoms with Gasteiger partial charge in [0, 0.05) is 31.1 Å². The Kier molecular flexibility index (Phi) is 4.42. The van der Waals surface area contributed by atoms with Crippen molar-refractivity contribution >= 4 is 22.5 Å². The van der Waals surface area contributed by atoms with Crippen molar-refractivity contribution in [2.24, 2.45) is 0 Å². The molecule has 0 saturated heterocycles. The van der Waals surface area contributed by atoms with Crippen LogP contribution in [0.3, 0.4) is 0 Å². The second-order valence-electron chi connectivity index (χ2n) is 6.09. The minimum absolute atomic E-state index is 0.00963. The van der Waals surface area contributed by atoms with E-state index >= 15 is 0 Å². The Labute approximate surface area is 139 Å². The van der Waals surface area contributed by atoms with Crippen LogP contribution < -0.4 is 10.9 Å². The van der Waals surface area contributed by atoms with Crippen molar-refractivity contribution in [3.63, 3.8) is 0 Å². The molecule has 1 unspecified atom stereocenters. The lowest BCUT2D eigenvalue weighted by Crippen LogP contribution is -2.32. The molecular formula is C17H22N4O3. The number of hydrogen-bond acceptors (Lipinski definition) is 4. The molecule has 1 amide bonds. The van der Waals surface area contributed by atoms with Gasteiger partial charge in [-0.15, -0.1) is 0 Å². The van der Waals surface area contributed by atoms with Gasteiger partial charge in [-0.2, -0.15) is 5.10 Å². The summed E-state index contributed by atoms with van der Waals surface area (Å²) in [5.41, 5.74) is 1.88. The number of furan rings is 1. The zero-order valence-corrected chi connectivity index (χ0v) is 14.2. The molecule has 1 atom stereocenters. The van der Waals surface area contributed by atoms with E-state index < -0.39 is 0 Å². The molecule has 0 radical (unpaired) electrons. The first-order valence-corrected chi connectivity index (χ1v) is 8.27. The highest BCUT2D eigenvalue weighted by Gasteiger charge is 2.14. The quantitative estimate of drug-likeness (QED) is 0.751. The minimum Gasteiger partial charge on any atom is -0.463 e. The lowest BCUT2D eigenvalue weighted by molar-refractivity contribution is -0.121. The predicted octanol–water partition coefficient (Wildman–Crippen LogP) is 2.25. The van der Waals surface area contributed by atoms with E-state index in [9.17, 15) is 9.59 Å². The third-order valence-corrected chi connectivity index (χ3v) is 4.26. The van der Waals surface area contributed by atoms with Gasteiger partial charge in [0.05, 0.1) is 11.8 Å². The highest BCUT2D eigenvalue weighted by atomic mass is 16.3. The van der Waals surface area contributed by atoms with E-state index in [2.05, 4.69) is 10.4 Å². The summed E-state index contributed by atoms with van der Waals surface area (Å²) in [6, 6.07) is 3.73. The van der Waals surface area contributed by atoms with Gasteiger partial charge in [0.25, 0.3) is 5.56 Å². The third kappa shape index (κ3) is 2.93. The largest absolute Gasteiger partial charge is 0.463 e. The van der Waals surface area contributed by atoms with Gasteiger partial charge in [-0.05, 0) is 26.7 Å². The number of amides is 1. The highest BCUT2D eigenvalue weighted by Crippen LogP contribution is 2.19. The van der Waals surface area contributed by atoms with E-state index in [0.29, 0.717) is 36.3 Å². The van der Waals surface area contributed by atoms with E-state index in [1.165, 1.54) is 4.68 Å². The number of fused-ring (bicyclic) bond motifs is 3. The van der Waals surface area contributed by atoms with Crippen LogP contribution in [0.25, 0.3) is 16.6 Å². The SMILES string of the molecule is CCC(C)NC(=O)CCCn1nc(C)n2c(cc3occc32)c1=O. The number of nitrogens with one attached hydrogen (secondary N) is 1. The van der Waals surface area contributed by atoms with E-state index in [1.807, 2.05) is 26.8 Å². The average Bonchev–Trinajstić information content (AvgIpc) is 3.12. The van der Waals surface area contributed by atoms with Crippen LogP contribution in [0.5, 0.6) is 0 Å². The fourth-order valence-corrected chi connectivity index (χ4v) is 2.82. The molecule has 3 heterocycles. The van der Waals surface area contributed by atoms with Crippen molar-refractivity contribution in [3.8, 4) is 0 Å². The number of nitrogens with zero attached hydrogens (tertiary/aromatic N) is 3. The van der Waals surface area contributed by atoms with Crippen molar-refractivity contribution in [1.82, 2.24) is 19.5 Å². The van der Waals surface area contributed by atoms with Crippen LogP contribution in [-0.2, 0) is 11.3 Å².